The third-order valence-electron chi connectivity index (χ3n) is 4.78. The number of aliphatic hydroxyl groups excluding tert-OH is 1. The fourth-order valence-corrected chi connectivity index (χ4v) is 3.64. The molecule has 0 unspecified atom stereocenters. The first-order chi connectivity index (χ1) is 13.4. The summed E-state index contributed by atoms with van der Waals surface area (Å²) < 4.78 is 5.67. The second-order valence-electron chi connectivity index (χ2n) is 7.15. The van der Waals surface area contributed by atoms with Crippen molar-refractivity contribution >= 4 is 23.2 Å². The van der Waals surface area contributed by atoms with E-state index < -0.39 is 6.10 Å². The van der Waals surface area contributed by atoms with Crippen molar-refractivity contribution in [3.8, 4) is 11.8 Å². The highest BCUT2D eigenvalue weighted by Gasteiger charge is 2.22. The molecule has 0 heterocycles. The van der Waals surface area contributed by atoms with Gasteiger partial charge >= 0.3 is 0 Å². The molecule has 3 rings (SSSR count). The van der Waals surface area contributed by atoms with Crippen LogP contribution in [0.2, 0.25) is 0 Å². The van der Waals surface area contributed by atoms with Gasteiger partial charge in [-0.3, -0.25) is 4.99 Å². The monoisotopic (exact) mass is 392 g/mol. The third-order valence-corrected chi connectivity index (χ3v) is 5.13. The Bertz CT molecular complexity index is 987. The molecule has 144 valence electrons. The van der Waals surface area contributed by atoms with Crippen molar-refractivity contribution in [3.05, 3.63) is 70.4 Å². The van der Waals surface area contributed by atoms with Crippen molar-refractivity contribution in [1.29, 1.82) is 5.26 Å². The van der Waals surface area contributed by atoms with Gasteiger partial charge in [-0.1, -0.05) is 18.2 Å². The van der Waals surface area contributed by atoms with Crippen molar-refractivity contribution in [2.24, 2.45) is 4.99 Å². The molecule has 0 bridgehead atoms. The van der Waals surface area contributed by atoms with Crippen LogP contribution in [0.25, 0.3) is 4.91 Å². The molecule has 0 radical (unpaired) electrons. The smallest absolute Gasteiger partial charge is 0.137 e. The molecule has 1 atom stereocenters. The summed E-state index contributed by atoms with van der Waals surface area (Å²) in [5.74, 6) is 0.581. The van der Waals surface area contributed by atoms with Gasteiger partial charge in [0, 0.05) is 16.8 Å². The molecule has 0 fully saturated rings. The van der Waals surface area contributed by atoms with E-state index in [0.29, 0.717) is 11.3 Å². The minimum absolute atomic E-state index is 0.00788. The van der Waals surface area contributed by atoms with Crippen LogP contribution in [0.5, 0.6) is 5.75 Å². The standard InChI is InChI=1S/C23H24N2O2S/c1-14(2)27-22-10-7-16(11-17(22)12-24)15(3)25-13-23(28)20-6-4-5-19-18(20)8-9-21(19)26/h4-7,10-11,13-14,21,26,28H,8-9H2,1-3H3/b23-13-,25-15?/t21-/m0/s1. The number of aliphatic imine (C=N–C) groups is 1. The zero-order chi connectivity index (χ0) is 20.3. The van der Waals surface area contributed by atoms with E-state index in [2.05, 4.69) is 23.7 Å². The van der Waals surface area contributed by atoms with Crippen LogP contribution < -0.4 is 4.74 Å². The zero-order valence-corrected chi connectivity index (χ0v) is 17.2. The van der Waals surface area contributed by atoms with Crippen LogP contribution in [-0.2, 0) is 6.42 Å². The van der Waals surface area contributed by atoms with Gasteiger partial charge in [0.1, 0.15) is 11.8 Å². The lowest BCUT2D eigenvalue weighted by molar-refractivity contribution is 0.180. The molecule has 0 saturated carbocycles. The van der Waals surface area contributed by atoms with Gasteiger partial charge in [0.15, 0.2) is 0 Å². The molecule has 28 heavy (non-hydrogen) atoms. The lowest BCUT2D eigenvalue weighted by atomic mass is 10.0. The van der Waals surface area contributed by atoms with E-state index in [-0.39, 0.29) is 6.10 Å². The number of nitriles is 1. The molecule has 5 heteroatoms. The van der Waals surface area contributed by atoms with E-state index in [1.165, 1.54) is 0 Å². The third kappa shape index (κ3) is 4.30. The van der Waals surface area contributed by atoms with E-state index in [0.717, 1.165) is 45.7 Å². The Balaban J connectivity index is 1.87. The highest BCUT2D eigenvalue weighted by molar-refractivity contribution is 7.90. The number of nitrogens with zero attached hydrogens (tertiary/aromatic N) is 2. The van der Waals surface area contributed by atoms with E-state index in [1.807, 2.05) is 51.1 Å². The minimum atomic E-state index is -0.391. The fourth-order valence-electron chi connectivity index (χ4n) is 3.37. The Hall–Kier alpha value is -2.55. The summed E-state index contributed by atoms with van der Waals surface area (Å²) in [6, 6.07) is 13.6. The largest absolute Gasteiger partial charge is 0.490 e. The van der Waals surface area contributed by atoms with E-state index in [9.17, 15) is 10.4 Å². The van der Waals surface area contributed by atoms with Crippen molar-refractivity contribution < 1.29 is 9.84 Å². The molecular formula is C23H24N2O2S. The number of hydrogen-bond acceptors (Lipinski definition) is 5. The maximum absolute atomic E-state index is 10.1. The molecule has 0 aliphatic heterocycles. The van der Waals surface area contributed by atoms with Gasteiger partial charge in [0.05, 0.1) is 17.8 Å². The zero-order valence-electron chi connectivity index (χ0n) is 16.3. The fraction of sp³-hybridized carbons (Fsp3) is 0.304. The second kappa shape index (κ2) is 8.64. The summed E-state index contributed by atoms with van der Waals surface area (Å²) in [6.45, 7) is 5.76. The summed E-state index contributed by atoms with van der Waals surface area (Å²) in [5.41, 5.74) is 5.27. The Morgan fingerprint density at radius 2 is 2.14 bits per heavy atom. The SMILES string of the molecule is CC(=N/C=C(\S)c1cccc2c1CC[C@@H]2O)c1ccc(OC(C)C)c(C#N)c1. The molecule has 2 aromatic carbocycles. The number of aliphatic hydroxyl groups is 1. The Morgan fingerprint density at radius 1 is 1.36 bits per heavy atom. The summed E-state index contributed by atoms with van der Waals surface area (Å²) in [4.78, 5) is 5.30. The molecule has 0 saturated heterocycles. The summed E-state index contributed by atoms with van der Waals surface area (Å²) in [5, 5.41) is 19.5. The van der Waals surface area contributed by atoms with E-state index in [1.54, 1.807) is 12.3 Å². The van der Waals surface area contributed by atoms with Crippen molar-refractivity contribution in [3.63, 3.8) is 0 Å². The number of hydrogen-bond donors (Lipinski definition) is 2. The molecule has 1 aliphatic rings. The number of rotatable bonds is 5. The minimum Gasteiger partial charge on any atom is -0.490 e. The molecule has 4 nitrogen and oxygen atoms in total. The van der Waals surface area contributed by atoms with E-state index in [4.69, 9.17) is 4.74 Å². The predicted octanol–water partition coefficient (Wildman–Crippen LogP) is 5.06. The molecule has 1 N–H and O–H groups in total. The van der Waals surface area contributed by atoms with Gasteiger partial charge in [-0.2, -0.15) is 5.26 Å². The summed E-state index contributed by atoms with van der Waals surface area (Å²) >= 11 is 4.63. The van der Waals surface area contributed by atoms with Crippen LogP contribution in [0.3, 0.4) is 0 Å². The highest BCUT2D eigenvalue weighted by atomic mass is 32.1. The van der Waals surface area contributed by atoms with Crippen LogP contribution in [-0.4, -0.2) is 16.9 Å². The van der Waals surface area contributed by atoms with Crippen LogP contribution in [0.15, 0.2) is 47.6 Å². The van der Waals surface area contributed by atoms with Crippen molar-refractivity contribution in [2.75, 3.05) is 0 Å². The molecule has 0 spiro atoms. The van der Waals surface area contributed by atoms with Gasteiger partial charge in [-0.15, -0.1) is 12.6 Å². The van der Waals surface area contributed by atoms with E-state index >= 15 is 0 Å². The number of fused-ring (bicyclic) bond motifs is 1. The van der Waals surface area contributed by atoms with Crippen molar-refractivity contribution in [1.82, 2.24) is 0 Å². The Labute approximate surface area is 171 Å². The van der Waals surface area contributed by atoms with Gasteiger partial charge < -0.3 is 9.84 Å². The molecule has 0 amide bonds. The molecule has 2 aromatic rings. The van der Waals surface area contributed by atoms with Gasteiger partial charge in [0.25, 0.3) is 0 Å². The summed E-state index contributed by atoms with van der Waals surface area (Å²) in [6.07, 6.45) is 2.93. The van der Waals surface area contributed by atoms with Crippen molar-refractivity contribution in [2.45, 2.75) is 45.8 Å². The Kier molecular flexibility index (Phi) is 6.23. The van der Waals surface area contributed by atoms with Crippen LogP contribution in [0, 0.1) is 11.3 Å². The number of thiol groups is 1. The average Bonchev–Trinajstić information content (AvgIpc) is 3.07. The average molecular weight is 393 g/mol. The van der Waals surface area contributed by atoms with Crippen LogP contribution in [0.4, 0.5) is 0 Å². The van der Waals surface area contributed by atoms with Gasteiger partial charge in [0.2, 0.25) is 0 Å². The van der Waals surface area contributed by atoms with Gasteiger partial charge in [-0.25, -0.2) is 0 Å². The quantitative estimate of drug-likeness (QED) is 0.552. The lowest BCUT2D eigenvalue weighted by Crippen LogP contribution is -2.07. The topological polar surface area (TPSA) is 65.6 Å². The Morgan fingerprint density at radius 3 is 2.86 bits per heavy atom. The first-order valence-corrected chi connectivity index (χ1v) is 9.80. The number of ether oxygens (including phenoxy) is 1. The first kappa shape index (κ1) is 20.2. The molecule has 1 aliphatic carbocycles. The van der Waals surface area contributed by atoms with Crippen LogP contribution in [0.1, 0.15) is 61.1 Å². The maximum atomic E-state index is 10.1. The predicted molar refractivity (Wildman–Crippen MR) is 116 cm³/mol. The lowest BCUT2D eigenvalue weighted by Gasteiger charge is -2.12. The normalized spacial score (nSPS) is 16.8. The van der Waals surface area contributed by atoms with Gasteiger partial charge in [-0.05, 0) is 74.1 Å². The molecular weight excluding hydrogens is 368 g/mol. The number of benzene rings is 2. The maximum Gasteiger partial charge on any atom is 0.137 e. The molecule has 0 aromatic heterocycles. The highest BCUT2D eigenvalue weighted by Crippen LogP contribution is 2.36. The second-order valence-corrected chi connectivity index (χ2v) is 7.63. The van der Waals surface area contributed by atoms with Crippen LogP contribution >= 0.6 is 12.6 Å². The first-order valence-electron chi connectivity index (χ1n) is 9.35. The summed E-state index contributed by atoms with van der Waals surface area (Å²) in [7, 11) is 0.